The van der Waals surface area contributed by atoms with Gasteiger partial charge in [0.25, 0.3) is 0 Å². The van der Waals surface area contributed by atoms with E-state index in [0.717, 1.165) is 12.8 Å². The monoisotopic (exact) mass is 241 g/mol. The fraction of sp³-hybridized carbons (Fsp3) is 0.400. The van der Waals surface area contributed by atoms with Crippen molar-refractivity contribution >= 4 is 15.7 Å². The Bertz CT molecular complexity index is 495. The molecule has 0 aromatic heterocycles. The van der Waals surface area contributed by atoms with Gasteiger partial charge >= 0.3 is 0 Å². The molecule has 1 aliphatic rings. The molecule has 0 spiro atoms. The van der Waals surface area contributed by atoms with Crippen molar-refractivity contribution in [1.82, 2.24) is 0 Å². The molecule has 1 aromatic rings. The van der Waals surface area contributed by atoms with E-state index < -0.39 is 10.0 Å². The number of nitrogens with two attached hydrogens (primary N) is 2. The molecule has 1 aliphatic carbocycles. The van der Waals surface area contributed by atoms with E-state index in [1.165, 1.54) is 6.07 Å². The highest BCUT2D eigenvalue weighted by Gasteiger charge is 2.41. The third-order valence-corrected chi connectivity index (χ3v) is 3.81. The van der Waals surface area contributed by atoms with E-state index in [1.807, 2.05) is 0 Å². The summed E-state index contributed by atoms with van der Waals surface area (Å²) in [6.07, 6.45) is 1.92. The third-order valence-electron chi connectivity index (χ3n) is 2.84. The van der Waals surface area contributed by atoms with E-state index in [4.69, 9.17) is 10.9 Å². The summed E-state index contributed by atoms with van der Waals surface area (Å²) < 4.78 is 22.7. The molecular formula is C10H15N3O2S. The predicted octanol–water partition coefficient (Wildman–Crippen LogP) is 0.237. The molecule has 2 rings (SSSR count). The van der Waals surface area contributed by atoms with Crippen LogP contribution in [0.2, 0.25) is 0 Å². The number of primary sulfonamides is 1. The van der Waals surface area contributed by atoms with Gasteiger partial charge in [0.15, 0.2) is 0 Å². The summed E-state index contributed by atoms with van der Waals surface area (Å²) in [6, 6.07) is 6.61. The largest absolute Gasteiger partial charge is 0.377 e. The van der Waals surface area contributed by atoms with E-state index in [-0.39, 0.29) is 10.4 Å². The molecule has 16 heavy (non-hydrogen) atoms. The van der Waals surface area contributed by atoms with E-state index in [9.17, 15) is 8.42 Å². The molecule has 1 saturated carbocycles. The Morgan fingerprint density at radius 2 is 1.94 bits per heavy atom. The van der Waals surface area contributed by atoms with Gasteiger partial charge in [-0.15, -0.1) is 0 Å². The molecule has 0 saturated heterocycles. The summed E-state index contributed by atoms with van der Waals surface area (Å²) >= 11 is 0. The lowest BCUT2D eigenvalue weighted by Gasteiger charge is -2.18. The molecule has 1 fully saturated rings. The average Bonchev–Trinajstić information content (AvgIpc) is 2.98. The normalized spacial score (nSPS) is 18.1. The van der Waals surface area contributed by atoms with Crippen molar-refractivity contribution in [2.24, 2.45) is 10.9 Å². The summed E-state index contributed by atoms with van der Waals surface area (Å²) in [4.78, 5) is 0.120. The smallest absolute Gasteiger partial charge is 0.240 e. The summed E-state index contributed by atoms with van der Waals surface area (Å²) in [5.41, 5.74) is 6.03. The first kappa shape index (κ1) is 11.4. The maximum Gasteiger partial charge on any atom is 0.240 e. The summed E-state index contributed by atoms with van der Waals surface area (Å²) in [7, 11) is -3.69. The Labute approximate surface area is 94.9 Å². The van der Waals surface area contributed by atoms with Gasteiger partial charge in [-0.25, -0.2) is 13.6 Å². The number of hydrogen-bond acceptors (Lipinski definition) is 4. The molecule has 5 N–H and O–H groups in total. The first-order chi connectivity index (χ1) is 7.47. The van der Waals surface area contributed by atoms with Gasteiger partial charge in [-0.2, -0.15) is 0 Å². The average molecular weight is 241 g/mol. The second-order valence-electron chi connectivity index (χ2n) is 4.15. The van der Waals surface area contributed by atoms with Crippen LogP contribution in [-0.4, -0.2) is 20.5 Å². The predicted molar refractivity (Wildman–Crippen MR) is 62.5 cm³/mol. The standard InChI is InChI=1S/C10H15N3O2S/c11-7-10(5-6-10)13-8-3-1-2-4-9(8)16(12,14)15/h1-4,13H,5-7,11H2,(H2,12,14,15). The molecule has 0 atom stereocenters. The Hall–Kier alpha value is -1.11. The van der Waals surface area contributed by atoms with Crippen molar-refractivity contribution in [2.45, 2.75) is 23.3 Å². The maximum absolute atomic E-state index is 11.4. The van der Waals surface area contributed by atoms with E-state index >= 15 is 0 Å². The van der Waals surface area contributed by atoms with Gasteiger partial charge in [-0.3, -0.25) is 0 Å². The van der Waals surface area contributed by atoms with Crippen molar-refractivity contribution < 1.29 is 8.42 Å². The fourth-order valence-electron chi connectivity index (χ4n) is 1.63. The maximum atomic E-state index is 11.4. The van der Waals surface area contributed by atoms with Crippen LogP contribution < -0.4 is 16.2 Å². The number of anilines is 1. The molecular weight excluding hydrogens is 226 g/mol. The van der Waals surface area contributed by atoms with Crippen LogP contribution in [-0.2, 0) is 10.0 Å². The molecule has 0 heterocycles. The Morgan fingerprint density at radius 1 is 1.31 bits per heavy atom. The Kier molecular flexibility index (Phi) is 2.65. The fourth-order valence-corrected chi connectivity index (χ4v) is 2.33. The molecule has 0 aliphatic heterocycles. The zero-order valence-electron chi connectivity index (χ0n) is 8.81. The quantitative estimate of drug-likeness (QED) is 0.703. The number of sulfonamides is 1. The molecule has 6 heteroatoms. The Balaban J connectivity index is 2.34. The highest BCUT2D eigenvalue weighted by Crippen LogP contribution is 2.39. The van der Waals surface area contributed by atoms with Gasteiger partial charge in [0.1, 0.15) is 4.90 Å². The second-order valence-corrected chi connectivity index (χ2v) is 5.68. The SMILES string of the molecule is NCC1(Nc2ccccc2S(N)(=O)=O)CC1. The van der Waals surface area contributed by atoms with Crippen molar-refractivity contribution in [3.05, 3.63) is 24.3 Å². The van der Waals surface area contributed by atoms with Gasteiger partial charge in [0.2, 0.25) is 10.0 Å². The van der Waals surface area contributed by atoms with Crippen LogP contribution in [0.4, 0.5) is 5.69 Å². The minimum absolute atomic E-state index is 0.120. The van der Waals surface area contributed by atoms with E-state index in [2.05, 4.69) is 5.32 Å². The van der Waals surface area contributed by atoms with Crippen molar-refractivity contribution in [1.29, 1.82) is 0 Å². The molecule has 5 nitrogen and oxygen atoms in total. The van der Waals surface area contributed by atoms with Crippen LogP contribution in [0.15, 0.2) is 29.2 Å². The topological polar surface area (TPSA) is 98.2 Å². The highest BCUT2D eigenvalue weighted by atomic mass is 32.2. The number of benzene rings is 1. The van der Waals surface area contributed by atoms with Crippen molar-refractivity contribution in [3.8, 4) is 0 Å². The number of nitrogens with one attached hydrogen (secondary N) is 1. The van der Waals surface area contributed by atoms with Crippen LogP contribution in [0.3, 0.4) is 0 Å². The lowest BCUT2D eigenvalue weighted by Crippen LogP contribution is -2.31. The van der Waals surface area contributed by atoms with Gasteiger partial charge in [-0.05, 0) is 25.0 Å². The van der Waals surface area contributed by atoms with Crippen molar-refractivity contribution in [2.75, 3.05) is 11.9 Å². The summed E-state index contributed by atoms with van der Waals surface area (Å²) in [5.74, 6) is 0. The lowest BCUT2D eigenvalue weighted by atomic mass is 10.2. The number of hydrogen-bond donors (Lipinski definition) is 3. The molecule has 0 radical (unpaired) electrons. The Morgan fingerprint density at radius 3 is 2.44 bits per heavy atom. The van der Waals surface area contributed by atoms with Gasteiger partial charge in [0, 0.05) is 12.1 Å². The third kappa shape index (κ3) is 2.18. The van der Waals surface area contributed by atoms with Crippen LogP contribution in [0.1, 0.15) is 12.8 Å². The number of para-hydroxylation sites is 1. The molecule has 1 aromatic carbocycles. The number of rotatable bonds is 4. The van der Waals surface area contributed by atoms with Crippen LogP contribution in [0.5, 0.6) is 0 Å². The minimum atomic E-state index is -3.69. The summed E-state index contributed by atoms with van der Waals surface area (Å²) in [6.45, 7) is 0.492. The van der Waals surface area contributed by atoms with Crippen LogP contribution >= 0.6 is 0 Å². The van der Waals surface area contributed by atoms with Crippen LogP contribution in [0.25, 0.3) is 0 Å². The van der Waals surface area contributed by atoms with Gasteiger partial charge < -0.3 is 11.1 Å². The van der Waals surface area contributed by atoms with E-state index in [0.29, 0.717) is 12.2 Å². The van der Waals surface area contributed by atoms with E-state index in [1.54, 1.807) is 18.2 Å². The molecule has 0 bridgehead atoms. The first-order valence-corrected chi connectivity index (χ1v) is 6.62. The lowest BCUT2D eigenvalue weighted by molar-refractivity contribution is 0.597. The molecule has 0 unspecified atom stereocenters. The highest BCUT2D eigenvalue weighted by molar-refractivity contribution is 7.89. The minimum Gasteiger partial charge on any atom is -0.377 e. The molecule has 88 valence electrons. The van der Waals surface area contributed by atoms with Crippen LogP contribution in [0, 0.1) is 0 Å². The zero-order chi connectivity index (χ0) is 11.8. The molecule has 0 amide bonds. The van der Waals surface area contributed by atoms with Gasteiger partial charge in [0.05, 0.1) is 5.69 Å². The summed E-state index contributed by atoms with van der Waals surface area (Å²) in [5, 5.41) is 8.31. The van der Waals surface area contributed by atoms with Crippen molar-refractivity contribution in [3.63, 3.8) is 0 Å². The van der Waals surface area contributed by atoms with Gasteiger partial charge in [-0.1, -0.05) is 12.1 Å². The zero-order valence-corrected chi connectivity index (χ0v) is 9.63. The first-order valence-electron chi connectivity index (χ1n) is 5.07. The second kappa shape index (κ2) is 3.73.